The van der Waals surface area contributed by atoms with E-state index < -0.39 is 29.2 Å². The Morgan fingerprint density at radius 3 is 2.39 bits per heavy atom. The summed E-state index contributed by atoms with van der Waals surface area (Å²) in [6.45, 7) is 1.31. The normalized spacial score (nSPS) is 20.0. The van der Waals surface area contributed by atoms with Crippen LogP contribution in [0.3, 0.4) is 0 Å². The van der Waals surface area contributed by atoms with Crippen LogP contribution >= 0.6 is 0 Å². The van der Waals surface area contributed by atoms with Gasteiger partial charge in [-0.25, -0.2) is 4.79 Å². The maximum atomic E-state index is 12.0. The van der Waals surface area contributed by atoms with E-state index in [4.69, 9.17) is 10.2 Å². The van der Waals surface area contributed by atoms with E-state index in [0.717, 1.165) is 13.3 Å². The number of rotatable bonds is 5. The van der Waals surface area contributed by atoms with Gasteiger partial charge < -0.3 is 20.6 Å². The number of ketones is 1. The van der Waals surface area contributed by atoms with E-state index in [0.29, 0.717) is 13.0 Å². The molecule has 0 radical (unpaired) electrons. The molecule has 0 aliphatic carbocycles. The van der Waals surface area contributed by atoms with Crippen molar-refractivity contribution in [3.05, 3.63) is 11.8 Å². The van der Waals surface area contributed by atoms with Gasteiger partial charge in [-0.15, -0.1) is 0 Å². The first-order chi connectivity index (χ1) is 8.28. The minimum Gasteiger partial charge on any atom is -0.481 e. The molecule has 1 rings (SSSR count). The van der Waals surface area contributed by atoms with Crippen molar-refractivity contribution in [2.75, 3.05) is 6.54 Å². The molecule has 0 bridgehead atoms. The van der Waals surface area contributed by atoms with Crippen molar-refractivity contribution in [1.82, 2.24) is 5.32 Å². The van der Waals surface area contributed by atoms with Gasteiger partial charge >= 0.3 is 11.9 Å². The number of hydrogen-bond donors (Lipinski definition) is 4. The number of Topliss-reactive ketones (excluding diaryl/α,β-unsaturated/α-hetero) is 1. The van der Waals surface area contributed by atoms with E-state index in [2.05, 4.69) is 5.32 Å². The summed E-state index contributed by atoms with van der Waals surface area (Å²) in [6, 6.07) is 0. The van der Waals surface area contributed by atoms with E-state index >= 15 is 0 Å². The number of carbonyl (C=O) groups is 3. The van der Waals surface area contributed by atoms with Crippen molar-refractivity contribution >= 4 is 17.7 Å². The zero-order valence-corrected chi connectivity index (χ0v) is 9.84. The van der Waals surface area contributed by atoms with Crippen LogP contribution in [0, 0.1) is 5.92 Å². The minimum absolute atomic E-state index is 0.0511. The van der Waals surface area contributed by atoms with Crippen LogP contribution in [0.1, 0.15) is 19.8 Å². The van der Waals surface area contributed by atoms with Crippen molar-refractivity contribution in [3.8, 4) is 0 Å². The number of carboxylic acid groups (broad SMARTS) is 2. The number of nitrogens with one attached hydrogen (secondary N) is 1. The van der Waals surface area contributed by atoms with Crippen LogP contribution in [0.5, 0.6) is 0 Å². The molecule has 0 aromatic carbocycles. The van der Waals surface area contributed by atoms with Crippen LogP contribution in [0.2, 0.25) is 0 Å². The number of aliphatic hydroxyl groups is 1. The molecule has 7 heteroatoms. The fraction of sp³-hybridized carbons (Fsp3) is 0.545. The second-order valence-electron chi connectivity index (χ2n) is 4.27. The van der Waals surface area contributed by atoms with Crippen LogP contribution < -0.4 is 5.32 Å². The van der Waals surface area contributed by atoms with Crippen LogP contribution in [0.15, 0.2) is 11.8 Å². The highest BCUT2D eigenvalue weighted by molar-refractivity contribution is 6.11. The van der Waals surface area contributed by atoms with E-state index in [-0.39, 0.29) is 5.70 Å². The molecule has 1 aliphatic heterocycles. The molecule has 0 aromatic rings. The fourth-order valence-electron chi connectivity index (χ4n) is 1.72. The quantitative estimate of drug-likeness (QED) is 0.483. The largest absolute Gasteiger partial charge is 0.481 e. The predicted molar refractivity (Wildman–Crippen MR) is 59.7 cm³/mol. The van der Waals surface area contributed by atoms with Gasteiger partial charge in [-0.2, -0.15) is 0 Å². The minimum atomic E-state index is -2.65. The Balaban J connectivity index is 3.06. The Bertz CT molecular complexity index is 412. The molecule has 7 nitrogen and oxygen atoms in total. The monoisotopic (exact) mass is 257 g/mol. The van der Waals surface area contributed by atoms with Gasteiger partial charge in [0.25, 0.3) is 0 Å². The Morgan fingerprint density at radius 1 is 1.39 bits per heavy atom. The third-order valence-corrected chi connectivity index (χ3v) is 2.81. The van der Waals surface area contributed by atoms with Gasteiger partial charge in [0.1, 0.15) is 0 Å². The average molecular weight is 257 g/mol. The highest BCUT2D eigenvalue weighted by Gasteiger charge is 2.49. The summed E-state index contributed by atoms with van der Waals surface area (Å²) in [5.74, 6) is -6.37. The number of carbonyl (C=O) groups excluding carboxylic acids is 1. The van der Waals surface area contributed by atoms with Gasteiger partial charge in [0.2, 0.25) is 0 Å². The third kappa shape index (κ3) is 2.67. The highest BCUT2D eigenvalue weighted by Crippen LogP contribution is 2.23. The smallest absolute Gasteiger partial charge is 0.336 e. The summed E-state index contributed by atoms with van der Waals surface area (Å²) >= 11 is 0. The number of aliphatic carboxylic acids is 2. The lowest BCUT2D eigenvalue weighted by atomic mass is 9.84. The zero-order chi connectivity index (χ0) is 13.9. The van der Waals surface area contributed by atoms with Gasteiger partial charge in [-0.3, -0.25) is 9.59 Å². The van der Waals surface area contributed by atoms with Gasteiger partial charge in [-0.1, -0.05) is 6.08 Å². The Kier molecular flexibility index (Phi) is 4.07. The summed E-state index contributed by atoms with van der Waals surface area (Å²) in [6.07, 6.45) is 2.93. The van der Waals surface area contributed by atoms with Crippen molar-refractivity contribution in [2.45, 2.75) is 25.4 Å². The topological polar surface area (TPSA) is 124 Å². The molecule has 0 aromatic heterocycles. The van der Waals surface area contributed by atoms with E-state index in [1.54, 1.807) is 0 Å². The van der Waals surface area contributed by atoms with Gasteiger partial charge in [0, 0.05) is 6.54 Å². The van der Waals surface area contributed by atoms with Crippen LogP contribution in [0.4, 0.5) is 0 Å². The van der Waals surface area contributed by atoms with E-state index in [1.165, 1.54) is 6.08 Å². The molecule has 18 heavy (non-hydrogen) atoms. The fourth-order valence-corrected chi connectivity index (χ4v) is 1.72. The van der Waals surface area contributed by atoms with Crippen LogP contribution in [0.25, 0.3) is 0 Å². The second kappa shape index (κ2) is 5.18. The molecule has 0 saturated carbocycles. The molecule has 1 heterocycles. The SMILES string of the molecule is CC(O)(C(=O)O)C(C(=O)O)C(=O)C1=CCCCN1. The van der Waals surface area contributed by atoms with Crippen molar-refractivity contribution in [2.24, 2.45) is 5.92 Å². The van der Waals surface area contributed by atoms with Gasteiger partial charge in [0.05, 0.1) is 5.70 Å². The maximum Gasteiger partial charge on any atom is 0.336 e. The molecule has 0 spiro atoms. The summed E-state index contributed by atoms with van der Waals surface area (Å²) in [4.78, 5) is 33.8. The molecular weight excluding hydrogens is 242 g/mol. The molecule has 2 unspecified atom stereocenters. The number of carboxylic acids is 2. The molecule has 1 aliphatic rings. The molecule has 0 fully saturated rings. The number of hydrogen-bond acceptors (Lipinski definition) is 5. The highest BCUT2D eigenvalue weighted by atomic mass is 16.4. The summed E-state index contributed by atoms with van der Waals surface area (Å²) < 4.78 is 0. The zero-order valence-electron chi connectivity index (χ0n) is 9.84. The molecule has 0 saturated heterocycles. The first kappa shape index (κ1) is 14.2. The van der Waals surface area contributed by atoms with Gasteiger partial charge in [-0.05, 0) is 19.8 Å². The lowest BCUT2D eigenvalue weighted by molar-refractivity contribution is -0.173. The summed E-state index contributed by atoms with van der Waals surface area (Å²) in [5.41, 5.74) is -2.60. The lowest BCUT2D eigenvalue weighted by Gasteiger charge is -2.26. The standard InChI is InChI=1S/C11H15NO6/c1-11(18,10(16)17)7(9(14)15)8(13)6-4-2-3-5-12-6/h4,7,12,18H,2-3,5H2,1H3,(H,14,15)(H,16,17). The molecule has 0 amide bonds. The predicted octanol–water partition coefficient (Wildman–Crippen LogP) is -0.641. The van der Waals surface area contributed by atoms with Crippen molar-refractivity contribution < 1.29 is 29.7 Å². The number of allylic oxidation sites excluding steroid dienone is 2. The Morgan fingerprint density at radius 2 is 2.00 bits per heavy atom. The molecule has 100 valence electrons. The lowest BCUT2D eigenvalue weighted by Crippen LogP contribution is -2.52. The van der Waals surface area contributed by atoms with Crippen molar-refractivity contribution in [1.29, 1.82) is 0 Å². The maximum absolute atomic E-state index is 12.0. The van der Waals surface area contributed by atoms with Crippen LogP contribution in [-0.2, 0) is 14.4 Å². The molecule has 4 N–H and O–H groups in total. The van der Waals surface area contributed by atoms with Gasteiger partial charge in [0.15, 0.2) is 17.3 Å². The van der Waals surface area contributed by atoms with Crippen molar-refractivity contribution in [3.63, 3.8) is 0 Å². The van der Waals surface area contributed by atoms with Crippen LogP contribution in [-0.4, -0.2) is 45.2 Å². The summed E-state index contributed by atoms with van der Waals surface area (Å²) in [5, 5.41) is 30.1. The Hall–Kier alpha value is -1.89. The van der Waals surface area contributed by atoms with E-state index in [1.807, 2.05) is 0 Å². The van der Waals surface area contributed by atoms with E-state index in [9.17, 15) is 19.5 Å². The average Bonchev–Trinajstić information content (AvgIpc) is 2.29. The Labute approximate surface area is 103 Å². The first-order valence-electron chi connectivity index (χ1n) is 5.45. The molecular formula is C11H15NO6. The second-order valence-corrected chi connectivity index (χ2v) is 4.27. The third-order valence-electron chi connectivity index (χ3n) is 2.81. The summed E-state index contributed by atoms with van der Waals surface area (Å²) in [7, 11) is 0. The first-order valence-corrected chi connectivity index (χ1v) is 5.45. The molecule has 2 atom stereocenters.